The highest BCUT2D eigenvalue weighted by Crippen LogP contribution is 2.35. The molecular formula is C14H25NO3. The Morgan fingerprint density at radius 1 is 0.944 bits per heavy atom. The maximum Gasteiger partial charge on any atom is 0.168 e. The van der Waals surface area contributed by atoms with Crippen LogP contribution in [-0.2, 0) is 14.2 Å². The molecule has 1 saturated carbocycles. The molecule has 0 bridgehead atoms. The zero-order valence-electron chi connectivity index (χ0n) is 11.2. The Bertz CT molecular complexity index is 250. The van der Waals surface area contributed by atoms with Gasteiger partial charge in [-0.25, -0.2) is 0 Å². The largest absolute Gasteiger partial charge is 0.377 e. The molecule has 3 fully saturated rings. The minimum absolute atomic E-state index is 0.223. The van der Waals surface area contributed by atoms with Crippen LogP contribution < -0.4 is 5.32 Å². The summed E-state index contributed by atoms with van der Waals surface area (Å²) in [5, 5.41) is 3.66. The average molecular weight is 255 g/mol. The fraction of sp³-hybridized carbons (Fsp3) is 1.00. The van der Waals surface area contributed by atoms with Crippen LogP contribution in [0.5, 0.6) is 0 Å². The molecule has 0 amide bonds. The monoisotopic (exact) mass is 255 g/mol. The van der Waals surface area contributed by atoms with Crippen LogP contribution in [0.15, 0.2) is 0 Å². The maximum atomic E-state index is 5.75. The second-order valence-corrected chi connectivity index (χ2v) is 5.78. The summed E-state index contributed by atoms with van der Waals surface area (Å²) in [7, 11) is 0. The molecule has 3 rings (SSSR count). The fourth-order valence-electron chi connectivity index (χ4n) is 3.31. The molecule has 0 aromatic heterocycles. The van der Waals surface area contributed by atoms with Crippen molar-refractivity contribution in [2.24, 2.45) is 0 Å². The van der Waals surface area contributed by atoms with E-state index in [1.165, 1.54) is 19.3 Å². The highest BCUT2D eigenvalue weighted by Gasteiger charge is 2.40. The summed E-state index contributed by atoms with van der Waals surface area (Å²) >= 11 is 0. The molecule has 1 spiro atoms. The van der Waals surface area contributed by atoms with Crippen LogP contribution in [0.3, 0.4) is 0 Å². The molecule has 1 atom stereocenters. The molecule has 2 aliphatic heterocycles. The standard InChI is InChI=1S/C14H25NO3/c1-2-8-16-13(3-1)11-15-12-4-6-14(7-5-12)17-9-10-18-14/h12-13,15H,1-11H2. The summed E-state index contributed by atoms with van der Waals surface area (Å²) in [6.45, 7) is 3.50. The lowest BCUT2D eigenvalue weighted by molar-refractivity contribution is -0.179. The van der Waals surface area contributed by atoms with Crippen molar-refractivity contribution in [1.29, 1.82) is 0 Å². The van der Waals surface area contributed by atoms with Gasteiger partial charge in [-0.1, -0.05) is 0 Å². The van der Waals surface area contributed by atoms with Crippen LogP contribution in [0, 0.1) is 0 Å². The van der Waals surface area contributed by atoms with E-state index in [1.807, 2.05) is 0 Å². The number of hydrogen-bond donors (Lipinski definition) is 1. The second kappa shape index (κ2) is 5.87. The van der Waals surface area contributed by atoms with Gasteiger partial charge in [0.1, 0.15) is 0 Å². The lowest BCUT2D eigenvalue weighted by atomic mass is 9.90. The number of hydrogen-bond acceptors (Lipinski definition) is 4. The lowest BCUT2D eigenvalue weighted by Gasteiger charge is -2.36. The Labute approximate surface area is 109 Å². The lowest BCUT2D eigenvalue weighted by Crippen LogP contribution is -2.44. The Kier molecular flexibility index (Phi) is 4.19. The van der Waals surface area contributed by atoms with Gasteiger partial charge in [0.05, 0.1) is 19.3 Å². The zero-order valence-corrected chi connectivity index (χ0v) is 11.2. The topological polar surface area (TPSA) is 39.7 Å². The van der Waals surface area contributed by atoms with Crippen LogP contribution in [0.25, 0.3) is 0 Å². The molecule has 2 heterocycles. The summed E-state index contributed by atoms with van der Waals surface area (Å²) in [4.78, 5) is 0. The minimum Gasteiger partial charge on any atom is -0.377 e. The summed E-state index contributed by atoms with van der Waals surface area (Å²) < 4.78 is 17.2. The van der Waals surface area contributed by atoms with Gasteiger partial charge in [-0.15, -0.1) is 0 Å². The second-order valence-electron chi connectivity index (χ2n) is 5.78. The maximum absolute atomic E-state index is 5.75. The summed E-state index contributed by atoms with van der Waals surface area (Å²) in [5.41, 5.74) is 0. The number of nitrogens with one attached hydrogen (secondary N) is 1. The Morgan fingerprint density at radius 2 is 1.72 bits per heavy atom. The van der Waals surface area contributed by atoms with Crippen LogP contribution in [-0.4, -0.2) is 44.3 Å². The molecule has 2 saturated heterocycles. The molecular weight excluding hydrogens is 230 g/mol. The molecule has 18 heavy (non-hydrogen) atoms. The van der Waals surface area contributed by atoms with Crippen molar-refractivity contribution in [3.05, 3.63) is 0 Å². The van der Waals surface area contributed by atoms with Gasteiger partial charge in [-0.05, 0) is 32.1 Å². The van der Waals surface area contributed by atoms with Crippen molar-refractivity contribution >= 4 is 0 Å². The first-order valence-electron chi connectivity index (χ1n) is 7.49. The van der Waals surface area contributed by atoms with Crippen molar-refractivity contribution < 1.29 is 14.2 Å². The van der Waals surface area contributed by atoms with Crippen molar-refractivity contribution in [2.45, 2.75) is 62.9 Å². The normalized spacial score (nSPS) is 33.0. The Hall–Kier alpha value is -0.160. The van der Waals surface area contributed by atoms with Crippen molar-refractivity contribution in [3.63, 3.8) is 0 Å². The van der Waals surface area contributed by atoms with Gasteiger partial charge in [0.2, 0.25) is 0 Å². The van der Waals surface area contributed by atoms with Gasteiger partial charge >= 0.3 is 0 Å². The quantitative estimate of drug-likeness (QED) is 0.835. The van der Waals surface area contributed by atoms with Crippen molar-refractivity contribution in [3.8, 4) is 0 Å². The highest BCUT2D eigenvalue weighted by atomic mass is 16.7. The van der Waals surface area contributed by atoms with Crippen LogP contribution >= 0.6 is 0 Å². The SMILES string of the molecule is C1CCC(CNC2CCC3(CC2)OCCO3)OC1. The average Bonchev–Trinajstić information content (AvgIpc) is 2.88. The van der Waals surface area contributed by atoms with Gasteiger partial charge in [-0.2, -0.15) is 0 Å². The first-order chi connectivity index (χ1) is 8.86. The minimum atomic E-state index is -0.223. The molecule has 4 nitrogen and oxygen atoms in total. The summed E-state index contributed by atoms with van der Waals surface area (Å²) in [5.74, 6) is -0.223. The molecule has 1 aliphatic carbocycles. The van der Waals surface area contributed by atoms with E-state index in [-0.39, 0.29) is 5.79 Å². The van der Waals surface area contributed by atoms with E-state index in [0.717, 1.165) is 52.0 Å². The smallest absolute Gasteiger partial charge is 0.168 e. The number of rotatable bonds is 3. The third kappa shape index (κ3) is 3.05. The van der Waals surface area contributed by atoms with Gasteiger partial charge in [0.15, 0.2) is 5.79 Å². The van der Waals surface area contributed by atoms with Gasteiger partial charge in [0.25, 0.3) is 0 Å². The highest BCUT2D eigenvalue weighted by molar-refractivity contribution is 4.86. The van der Waals surface area contributed by atoms with Crippen LogP contribution in [0.4, 0.5) is 0 Å². The first-order valence-corrected chi connectivity index (χ1v) is 7.49. The molecule has 104 valence electrons. The summed E-state index contributed by atoms with van der Waals surface area (Å²) in [6.07, 6.45) is 8.61. The number of ether oxygens (including phenoxy) is 3. The van der Waals surface area contributed by atoms with E-state index in [2.05, 4.69) is 5.32 Å². The molecule has 0 aromatic rings. The van der Waals surface area contributed by atoms with E-state index in [4.69, 9.17) is 14.2 Å². The van der Waals surface area contributed by atoms with Gasteiger partial charge < -0.3 is 19.5 Å². The molecule has 1 N–H and O–H groups in total. The fourth-order valence-corrected chi connectivity index (χ4v) is 3.31. The first kappa shape index (κ1) is 12.9. The van der Waals surface area contributed by atoms with Gasteiger partial charge in [-0.3, -0.25) is 0 Å². The van der Waals surface area contributed by atoms with E-state index in [1.54, 1.807) is 0 Å². The van der Waals surface area contributed by atoms with E-state index >= 15 is 0 Å². The predicted octanol–water partition coefficient (Wildman–Crippen LogP) is 1.83. The van der Waals surface area contributed by atoms with E-state index in [9.17, 15) is 0 Å². The van der Waals surface area contributed by atoms with E-state index < -0.39 is 0 Å². The van der Waals surface area contributed by atoms with Gasteiger partial charge in [0, 0.05) is 32.0 Å². The van der Waals surface area contributed by atoms with E-state index in [0.29, 0.717) is 12.1 Å². The molecule has 0 aromatic carbocycles. The zero-order chi connectivity index (χ0) is 12.3. The summed E-state index contributed by atoms with van der Waals surface area (Å²) in [6, 6.07) is 0.619. The molecule has 1 unspecified atom stereocenters. The third-order valence-electron chi connectivity index (χ3n) is 4.47. The molecule has 4 heteroatoms. The van der Waals surface area contributed by atoms with Crippen molar-refractivity contribution in [2.75, 3.05) is 26.4 Å². The molecule has 3 aliphatic rings. The molecule has 0 radical (unpaired) electrons. The van der Waals surface area contributed by atoms with Crippen LogP contribution in [0.2, 0.25) is 0 Å². The van der Waals surface area contributed by atoms with Crippen LogP contribution in [0.1, 0.15) is 44.9 Å². The Morgan fingerprint density at radius 3 is 2.39 bits per heavy atom. The third-order valence-corrected chi connectivity index (χ3v) is 4.47. The Balaban J connectivity index is 1.37. The predicted molar refractivity (Wildman–Crippen MR) is 68.5 cm³/mol. The van der Waals surface area contributed by atoms with Crippen molar-refractivity contribution in [1.82, 2.24) is 5.32 Å².